The first kappa shape index (κ1) is 21.7. The summed E-state index contributed by atoms with van der Waals surface area (Å²) < 4.78 is 9.36. The second-order valence-electron chi connectivity index (χ2n) is 7.60. The van der Waals surface area contributed by atoms with E-state index < -0.39 is 0 Å². The lowest BCUT2D eigenvalue weighted by Crippen LogP contribution is -2.15. The van der Waals surface area contributed by atoms with Crippen molar-refractivity contribution in [1.82, 2.24) is 24.5 Å². The molecule has 1 N–H and O–H groups in total. The van der Waals surface area contributed by atoms with Gasteiger partial charge in [0.2, 0.25) is 11.7 Å². The number of hydrogen-bond acceptors (Lipinski definition) is 6. The number of nitrogens with zero attached hydrogens (tertiary/aromatic N) is 5. The van der Waals surface area contributed by atoms with Gasteiger partial charge < -0.3 is 9.73 Å². The third kappa shape index (κ3) is 5.26. The highest BCUT2D eigenvalue weighted by Crippen LogP contribution is 2.26. The summed E-state index contributed by atoms with van der Waals surface area (Å²) >= 11 is 1.34. The van der Waals surface area contributed by atoms with Gasteiger partial charge in [0.1, 0.15) is 0 Å². The van der Waals surface area contributed by atoms with Crippen LogP contribution in [0.5, 0.6) is 0 Å². The number of carbonyl (C=O) groups excluding carboxylic acids is 1. The van der Waals surface area contributed by atoms with Gasteiger partial charge >= 0.3 is 0 Å². The fourth-order valence-corrected chi connectivity index (χ4v) is 4.29. The van der Waals surface area contributed by atoms with Gasteiger partial charge in [-0.3, -0.25) is 14.0 Å². The minimum absolute atomic E-state index is 0.116. The average Bonchev–Trinajstić information content (AvgIpc) is 3.62. The maximum atomic E-state index is 12.7. The summed E-state index contributed by atoms with van der Waals surface area (Å²) in [6, 6.07) is 23.4. The first-order valence-corrected chi connectivity index (χ1v) is 11.7. The molecule has 2 aromatic carbocycles. The van der Waals surface area contributed by atoms with Gasteiger partial charge in [-0.25, -0.2) is 0 Å². The molecule has 0 aliphatic carbocycles. The van der Waals surface area contributed by atoms with Gasteiger partial charge in [0.25, 0.3) is 0 Å². The molecule has 5 aromatic rings. The van der Waals surface area contributed by atoms with Crippen LogP contribution in [0.4, 0.5) is 5.69 Å². The predicted octanol–water partition coefficient (Wildman–Crippen LogP) is 4.56. The lowest BCUT2D eigenvalue weighted by molar-refractivity contribution is -0.113. The van der Waals surface area contributed by atoms with Crippen LogP contribution in [-0.4, -0.2) is 36.2 Å². The standard InChI is InChI=1S/C25H22N6O2S/c32-23(27-21-10-4-9-20(15-21)16-30-13-6-12-26-30)18-34-25-29-28-24(22-11-5-14-33-22)31(25)17-19-7-2-1-3-8-19/h1-15H,16-18H2,(H,27,32). The van der Waals surface area contributed by atoms with Crippen molar-refractivity contribution in [1.29, 1.82) is 0 Å². The molecule has 0 atom stereocenters. The molecule has 170 valence electrons. The van der Waals surface area contributed by atoms with E-state index >= 15 is 0 Å². The highest BCUT2D eigenvalue weighted by molar-refractivity contribution is 7.99. The van der Waals surface area contributed by atoms with Crippen molar-refractivity contribution in [3.05, 3.63) is 103 Å². The number of rotatable bonds is 9. The van der Waals surface area contributed by atoms with E-state index in [9.17, 15) is 4.79 Å². The molecule has 0 aliphatic rings. The molecule has 0 saturated heterocycles. The van der Waals surface area contributed by atoms with Gasteiger partial charge in [-0.15, -0.1) is 10.2 Å². The number of aromatic nitrogens is 5. The molecule has 0 unspecified atom stereocenters. The number of amides is 1. The molecular weight excluding hydrogens is 448 g/mol. The second kappa shape index (κ2) is 10.2. The SMILES string of the molecule is O=C(CSc1nnc(-c2ccco2)n1Cc1ccccc1)Nc1cccc(Cn2cccn2)c1. The molecule has 5 rings (SSSR count). The van der Waals surface area contributed by atoms with Crippen molar-refractivity contribution in [2.75, 3.05) is 11.1 Å². The highest BCUT2D eigenvalue weighted by Gasteiger charge is 2.18. The Bertz CT molecular complexity index is 1350. The zero-order chi connectivity index (χ0) is 23.2. The summed E-state index contributed by atoms with van der Waals surface area (Å²) in [5.74, 6) is 1.35. The fraction of sp³-hybridized carbons (Fsp3) is 0.120. The van der Waals surface area contributed by atoms with Crippen molar-refractivity contribution in [2.45, 2.75) is 18.2 Å². The van der Waals surface area contributed by atoms with Crippen LogP contribution >= 0.6 is 11.8 Å². The molecule has 34 heavy (non-hydrogen) atoms. The fourth-order valence-electron chi connectivity index (χ4n) is 3.55. The van der Waals surface area contributed by atoms with Crippen LogP contribution in [0, 0.1) is 0 Å². The summed E-state index contributed by atoms with van der Waals surface area (Å²) in [5.41, 5.74) is 2.91. The van der Waals surface area contributed by atoms with Crippen LogP contribution in [0.1, 0.15) is 11.1 Å². The quantitative estimate of drug-likeness (QED) is 0.318. The van der Waals surface area contributed by atoms with Crippen molar-refractivity contribution in [3.63, 3.8) is 0 Å². The monoisotopic (exact) mass is 470 g/mol. The van der Waals surface area contributed by atoms with Crippen LogP contribution in [0.3, 0.4) is 0 Å². The molecule has 8 nitrogen and oxygen atoms in total. The van der Waals surface area contributed by atoms with Gasteiger partial charge in [0, 0.05) is 18.1 Å². The molecular formula is C25H22N6O2S. The van der Waals surface area contributed by atoms with Gasteiger partial charge in [0.05, 0.1) is 25.1 Å². The molecule has 1 amide bonds. The van der Waals surface area contributed by atoms with Crippen molar-refractivity contribution in [2.24, 2.45) is 0 Å². The van der Waals surface area contributed by atoms with E-state index in [1.807, 2.05) is 88.2 Å². The molecule has 3 aromatic heterocycles. The second-order valence-corrected chi connectivity index (χ2v) is 8.54. The van der Waals surface area contributed by atoms with Crippen molar-refractivity contribution in [3.8, 4) is 11.6 Å². The molecule has 0 fully saturated rings. The molecule has 9 heteroatoms. The van der Waals surface area contributed by atoms with E-state index in [1.165, 1.54) is 11.8 Å². The highest BCUT2D eigenvalue weighted by atomic mass is 32.2. The van der Waals surface area contributed by atoms with Crippen LogP contribution in [0.25, 0.3) is 11.6 Å². The predicted molar refractivity (Wildman–Crippen MR) is 130 cm³/mol. The zero-order valence-electron chi connectivity index (χ0n) is 18.2. The van der Waals surface area contributed by atoms with E-state index in [-0.39, 0.29) is 11.7 Å². The molecule has 0 saturated carbocycles. The van der Waals surface area contributed by atoms with Crippen LogP contribution in [0.2, 0.25) is 0 Å². The topological polar surface area (TPSA) is 90.8 Å². The van der Waals surface area contributed by atoms with Gasteiger partial charge in [-0.05, 0) is 41.5 Å². The summed E-state index contributed by atoms with van der Waals surface area (Å²) in [7, 11) is 0. The van der Waals surface area contributed by atoms with Crippen LogP contribution in [-0.2, 0) is 17.9 Å². The van der Waals surface area contributed by atoms with E-state index in [0.717, 1.165) is 16.8 Å². The summed E-state index contributed by atoms with van der Waals surface area (Å²) in [6.45, 7) is 1.22. The number of furan rings is 1. The Morgan fingerprint density at radius 1 is 0.941 bits per heavy atom. The van der Waals surface area contributed by atoms with Crippen molar-refractivity contribution >= 4 is 23.4 Å². The van der Waals surface area contributed by atoms with Gasteiger partial charge in [-0.2, -0.15) is 5.10 Å². The maximum absolute atomic E-state index is 12.7. The third-order valence-corrected chi connectivity index (χ3v) is 6.06. The number of carbonyl (C=O) groups is 1. The average molecular weight is 471 g/mol. The van der Waals surface area contributed by atoms with Gasteiger partial charge in [-0.1, -0.05) is 54.2 Å². The number of nitrogens with one attached hydrogen (secondary N) is 1. The number of hydrogen-bond donors (Lipinski definition) is 1. The van der Waals surface area contributed by atoms with E-state index in [1.54, 1.807) is 12.5 Å². The Labute approximate surface area is 200 Å². The first-order valence-electron chi connectivity index (χ1n) is 10.7. The molecule has 0 spiro atoms. The van der Waals surface area contributed by atoms with Crippen LogP contribution < -0.4 is 5.32 Å². The van der Waals surface area contributed by atoms with Crippen LogP contribution in [0.15, 0.2) is 101 Å². The van der Waals surface area contributed by atoms with Crippen molar-refractivity contribution < 1.29 is 9.21 Å². The lowest BCUT2D eigenvalue weighted by atomic mass is 10.2. The third-order valence-electron chi connectivity index (χ3n) is 5.09. The molecule has 0 bridgehead atoms. The number of thioether (sulfide) groups is 1. The van der Waals surface area contributed by atoms with E-state index in [0.29, 0.717) is 29.8 Å². The Hall–Kier alpha value is -4.11. The molecule has 0 radical (unpaired) electrons. The smallest absolute Gasteiger partial charge is 0.234 e. The normalized spacial score (nSPS) is 10.9. The largest absolute Gasteiger partial charge is 0.461 e. The minimum atomic E-state index is -0.116. The Morgan fingerprint density at radius 2 is 1.82 bits per heavy atom. The van der Waals surface area contributed by atoms with Gasteiger partial charge in [0.15, 0.2) is 10.9 Å². The Morgan fingerprint density at radius 3 is 2.62 bits per heavy atom. The van der Waals surface area contributed by atoms with E-state index in [2.05, 4.69) is 20.6 Å². The first-order chi connectivity index (χ1) is 16.7. The molecule has 0 aliphatic heterocycles. The number of benzene rings is 2. The summed E-state index contributed by atoms with van der Waals surface area (Å²) in [6.07, 6.45) is 5.26. The Balaban J connectivity index is 1.27. The molecule has 3 heterocycles. The lowest BCUT2D eigenvalue weighted by Gasteiger charge is -2.10. The maximum Gasteiger partial charge on any atom is 0.234 e. The summed E-state index contributed by atoms with van der Waals surface area (Å²) in [5, 5.41) is 16.5. The zero-order valence-corrected chi connectivity index (χ0v) is 19.1. The van der Waals surface area contributed by atoms with E-state index in [4.69, 9.17) is 4.42 Å². The number of anilines is 1. The minimum Gasteiger partial charge on any atom is -0.461 e. The summed E-state index contributed by atoms with van der Waals surface area (Å²) in [4.78, 5) is 12.7. The Kier molecular flexibility index (Phi) is 6.53.